The van der Waals surface area contributed by atoms with Crippen LogP contribution >= 0.6 is 0 Å². The zero-order valence-electron chi connectivity index (χ0n) is 16.9. The van der Waals surface area contributed by atoms with Gasteiger partial charge in [-0.15, -0.1) is 6.58 Å². The predicted octanol–water partition coefficient (Wildman–Crippen LogP) is 4.95. The summed E-state index contributed by atoms with van der Waals surface area (Å²) in [6.45, 7) is 3.85. The van der Waals surface area contributed by atoms with Gasteiger partial charge in [-0.05, 0) is 42.5 Å². The molecule has 0 aliphatic carbocycles. The summed E-state index contributed by atoms with van der Waals surface area (Å²) >= 11 is 0. The second kappa shape index (κ2) is 10.4. The zero-order chi connectivity index (χ0) is 22.9. The summed E-state index contributed by atoms with van der Waals surface area (Å²) in [6.07, 6.45) is 1.56. The first kappa shape index (κ1) is 22.0. The number of nitro benzene ring substituents is 1. The van der Waals surface area contributed by atoms with E-state index in [4.69, 9.17) is 4.74 Å². The van der Waals surface area contributed by atoms with Gasteiger partial charge in [-0.1, -0.05) is 24.3 Å². The molecule has 0 aliphatic heterocycles. The molecule has 3 aromatic rings. The number of hydrogen-bond donors (Lipinski definition) is 3. The lowest BCUT2D eigenvalue weighted by atomic mass is 10.1. The maximum Gasteiger partial charge on any atom is 0.319 e. The van der Waals surface area contributed by atoms with E-state index in [1.165, 1.54) is 12.1 Å². The van der Waals surface area contributed by atoms with Gasteiger partial charge in [0.05, 0.1) is 10.5 Å². The first-order chi connectivity index (χ1) is 15.5. The number of carbonyl (C=O) groups excluding carboxylic acids is 2. The second-order valence-electron chi connectivity index (χ2n) is 6.51. The Labute approximate surface area is 183 Å². The lowest BCUT2D eigenvalue weighted by Gasteiger charge is -2.12. The van der Waals surface area contributed by atoms with E-state index >= 15 is 0 Å². The molecule has 0 bridgehead atoms. The summed E-state index contributed by atoms with van der Waals surface area (Å²) in [5, 5.41) is 19.1. The Morgan fingerprint density at radius 2 is 1.62 bits per heavy atom. The van der Waals surface area contributed by atoms with Crippen LogP contribution in [-0.4, -0.2) is 23.4 Å². The summed E-state index contributed by atoms with van der Waals surface area (Å²) in [5.41, 5.74) is 0.729. The smallest absolute Gasteiger partial charge is 0.319 e. The van der Waals surface area contributed by atoms with E-state index in [0.29, 0.717) is 23.7 Å². The number of non-ortho nitro benzene ring substituents is 1. The zero-order valence-corrected chi connectivity index (χ0v) is 16.9. The van der Waals surface area contributed by atoms with E-state index in [-0.39, 0.29) is 23.0 Å². The molecule has 0 heterocycles. The third-order valence-corrected chi connectivity index (χ3v) is 4.20. The van der Waals surface area contributed by atoms with Gasteiger partial charge in [0, 0.05) is 30.1 Å². The molecular weight excluding hydrogens is 412 g/mol. The van der Waals surface area contributed by atoms with E-state index in [1.807, 2.05) is 6.07 Å². The standard InChI is InChI=1S/C23H20N4O5/c1-2-14-24-23(29)26-17-10-8-16(9-11-17)25-22(28)20-15-18(27(30)31)12-13-21(20)32-19-6-4-3-5-7-19/h2-13,15H,1,14H2,(H,25,28)(H2,24,26,29). The van der Waals surface area contributed by atoms with E-state index in [1.54, 1.807) is 54.6 Å². The first-order valence-electron chi connectivity index (χ1n) is 9.55. The topological polar surface area (TPSA) is 123 Å². The number of benzene rings is 3. The van der Waals surface area contributed by atoms with Crippen molar-refractivity contribution in [3.8, 4) is 11.5 Å². The van der Waals surface area contributed by atoms with Gasteiger partial charge >= 0.3 is 6.03 Å². The molecule has 0 aliphatic rings. The molecule has 0 atom stereocenters. The number of nitro groups is 1. The third kappa shape index (κ3) is 5.92. The van der Waals surface area contributed by atoms with Gasteiger partial charge in [0.15, 0.2) is 0 Å². The number of carbonyl (C=O) groups is 2. The number of urea groups is 1. The maximum atomic E-state index is 12.9. The van der Waals surface area contributed by atoms with Crippen LogP contribution in [0.3, 0.4) is 0 Å². The van der Waals surface area contributed by atoms with Crippen molar-refractivity contribution in [3.05, 3.63) is 101 Å². The average Bonchev–Trinajstić information content (AvgIpc) is 2.79. The van der Waals surface area contributed by atoms with Gasteiger partial charge in [0.2, 0.25) is 0 Å². The van der Waals surface area contributed by atoms with Crippen LogP contribution in [0.5, 0.6) is 11.5 Å². The highest BCUT2D eigenvalue weighted by Crippen LogP contribution is 2.29. The minimum Gasteiger partial charge on any atom is -0.457 e. The number of amides is 3. The van der Waals surface area contributed by atoms with Gasteiger partial charge in [-0.2, -0.15) is 0 Å². The normalized spacial score (nSPS) is 10.0. The fourth-order valence-corrected chi connectivity index (χ4v) is 2.69. The molecule has 162 valence electrons. The lowest BCUT2D eigenvalue weighted by molar-refractivity contribution is -0.384. The predicted molar refractivity (Wildman–Crippen MR) is 121 cm³/mol. The van der Waals surface area contributed by atoms with Crippen molar-refractivity contribution in [2.45, 2.75) is 0 Å². The van der Waals surface area contributed by atoms with E-state index in [2.05, 4.69) is 22.5 Å². The van der Waals surface area contributed by atoms with E-state index in [9.17, 15) is 19.7 Å². The van der Waals surface area contributed by atoms with Crippen LogP contribution in [0.15, 0.2) is 85.5 Å². The van der Waals surface area contributed by atoms with Crippen LogP contribution in [-0.2, 0) is 0 Å². The Morgan fingerprint density at radius 3 is 2.25 bits per heavy atom. The highest BCUT2D eigenvalue weighted by Gasteiger charge is 2.19. The lowest BCUT2D eigenvalue weighted by Crippen LogP contribution is -2.28. The molecule has 9 nitrogen and oxygen atoms in total. The fourth-order valence-electron chi connectivity index (χ4n) is 2.69. The van der Waals surface area contributed by atoms with E-state index in [0.717, 1.165) is 6.07 Å². The fraction of sp³-hybridized carbons (Fsp3) is 0.0435. The van der Waals surface area contributed by atoms with Gasteiger partial charge in [0.1, 0.15) is 11.5 Å². The van der Waals surface area contributed by atoms with Crippen LogP contribution in [0.25, 0.3) is 0 Å². The highest BCUT2D eigenvalue weighted by atomic mass is 16.6. The Hall–Kier alpha value is -4.66. The van der Waals surface area contributed by atoms with Crippen LogP contribution in [0, 0.1) is 10.1 Å². The quantitative estimate of drug-likeness (QED) is 0.264. The molecule has 3 amide bonds. The Kier molecular flexibility index (Phi) is 7.16. The molecular formula is C23H20N4O5. The number of nitrogens with one attached hydrogen (secondary N) is 3. The number of para-hydroxylation sites is 1. The summed E-state index contributed by atoms with van der Waals surface area (Å²) in [5.74, 6) is 0.0844. The number of anilines is 2. The molecule has 0 radical (unpaired) electrons. The third-order valence-electron chi connectivity index (χ3n) is 4.20. The Balaban J connectivity index is 1.77. The molecule has 0 unspecified atom stereocenters. The van der Waals surface area contributed by atoms with Gasteiger partial charge in [-0.25, -0.2) is 4.79 Å². The van der Waals surface area contributed by atoms with Crippen LogP contribution < -0.4 is 20.7 Å². The molecule has 3 N–H and O–H groups in total. The average molecular weight is 432 g/mol. The van der Waals surface area contributed by atoms with Crippen molar-refractivity contribution in [2.24, 2.45) is 0 Å². The monoisotopic (exact) mass is 432 g/mol. The molecule has 0 aromatic heterocycles. The van der Waals surface area contributed by atoms with Crippen LogP contribution in [0.2, 0.25) is 0 Å². The van der Waals surface area contributed by atoms with Gasteiger partial charge in [-0.3, -0.25) is 14.9 Å². The SMILES string of the molecule is C=CCNC(=O)Nc1ccc(NC(=O)c2cc([N+](=O)[O-])ccc2Oc2ccccc2)cc1. The van der Waals surface area contributed by atoms with Crippen molar-refractivity contribution in [1.29, 1.82) is 0 Å². The second-order valence-corrected chi connectivity index (χ2v) is 6.51. The summed E-state index contributed by atoms with van der Waals surface area (Å²) in [7, 11) is 0. The van der Waals surface area contributed by atoms with Crippen molar-refractivity contribution in [1.82, 2.24) is 5.32 Å². The first-order valence-corrected chi connectivity index (χ1v) is 9.55. The largest absolute Gasteiger partial charge is 0.457 e. The summed E-state index contributed by atoms with van der Waals surface area (Å²) < 4.78 is 5.75. The number of ether oxygens (including phenoxy) is 1. The highest BCUT2D eigenvalue weighted by molar-refractivity contribution is 6.06. The minimum absolute atomic E-state index is 0.00839. The summed E-state index contributed by atoms with van der Waals surface area (Å²) in [4.78, 5) is 35.2. The van der Waals surface area contributed by atoms with Crippen molar-refractivity contribution in [3.63, 3.8) is 0 Å². The maximum absolute atomic E-state index is 12.9. The Morgan fingerprint density at radius 1 is 0.969 bits per heavy atom. The molecule has 0 spiro atoms. The molecule has 0 saturated heterocycles. The molecule has 9 heteroatoms. The van der Waals surface area contributed by atoms with Crippen molar-refractivity contribution >= 4 is 29.0 Å². The minimum atomic E-state index is -0.582. The number of hydrogen-bond acceptors (Lipinski definition) is 5. The van der Waals surface area contributed by atoms with Gasteiger partial charge < -0.3 is 20.7 Å². The molecule has 0 fully saturated rings. The molecule has 0 saturated carbocycles. The van der Waals surface area contributed by atoms with Crippen LogP contribution in [0.4, 0.5) is 21.9 Å². The summed E-state index contributed by atoms with van der Waals surface area (Å²) in [6, 6.07) is 18.6. The van der Waals surface area contributed by atoms with Crippen molar-refractivity contribution in [2.75, 3.05) is 17.2 Å². The molecule has 3 rings (SSSR count). The van der Waals surface area contributed by atoms with Crippen molar-refractivity contribution < 1.29 is 19.2 Å². The van der Waals surface area contributed by atoms with E-state index < -0.39 is 10.8 Å². The molecule has 3 aromatic carbocycles. The van der Waals surface area contributed by atoms with Crippen LogP contribution in [0.1, 0.15) is 10.4 Å². The number of rotatable bonds is 8. The number of nitrogens with zero attached hydrogens (tertiary/aromatic N) is 1. The Bertz CT molecular complexity index is 1130. The van der Waals surface area contributed by atoms with Gasteiger partial charge in [0.25, 0.3) is 11.6 Å². The molecule has 32 heavy (non-hydrogen) atoms.